The lowest BCUT2D eigenvalue weighted by Crippen LogP contribution is -2.40. The first-order chi connectivity index (χ1) is 6.18. The van der Waals surface area contributed by atoms with Gasteiger partial charge in [-0.3, -0.25) is 4.79 Å². The molecule has 1 fully saturated rings. The Morgan fingerprint density at radius 2 is 2.08 bits per heavy atom. The van der Waals surface area contributed by atoms with E-state index < -0.39 is 0 Å². The Labute approximate surface area is 79.4 Å². The van der Waals surface area contributed by atoms with Crippen LogP contribution >= 0.6 is 0 Å². The topological polar surface area (TPSA) is 35.5 Å². The molecule has 0 saturated carbocycles. The predicted octanol–water partition coefficient (Wildman–Crippen LogP) is 1.90. The molecule has 1 heterocycles. The molecule has 0 bridgehead atoms. The van der Waals surface area contributed by atoms with Crippen molar-refractivity contribution < 1.29 is 14.3 Å². The fraction of sp³-hybridized carbons (Fsp3) is 0.900. The predicted molar refractivity (Wildman–Crippen MR) is 49.5 cm³/mol. The normalized spacial score (nSPS) is 21.1. The molecule has 0 aliphatic carbocycles. The zero-order chi connectivity index (χ0) is 9.73. The molecule has 1 rings (SSSR count). The van der Waals surface area contributed by atoms with Crippen molar-refractivity contribution in [2.24, 2.45) is 0 Å². The monoisotopic (exact) mass is 186 g/mol. The summed E-state index contributed by atoms with van der Waals surface area (Å²) in [6.07, 6.45) is 3.70. The van der Waals surface area contributed by atoms with Gasteiger partial charge in [0.15, 0.2) is 0 Å². The van der Waals surface area contributed by atoms with Crippen molar-refractivity contribution in [1.82, 2.24) is 0 Å². The van der Waals surface area contributed by atoms with Crippen molar-refractivity contribution in [3.63, 3.8) is 0 Å². The average molecular weight is 186 g/mol. The third-order valence-electron chi connectivity index (χ3n) is 2.47. The zero-order valence-corrected chi connectivity index (χ0v) is 8.47. The largest absolute Gasteiger partial charge is 0.459 e. The lowest BCUT2D eigenvalue weighted by Gasteiger charge is -2.36. The van der Waals surface area contributed by atoms with Gasteiger partial charge < -0.3 is 9.47 Å². The standard InChI is InChI=1S/C10H18O3/c1-3-4-10(13-9(2)11)5-7-12-8-6-10/h3-8H2,1-2H3. The summed E-state index contributed by atoms with van der Waals surface area (Å²) in [6.45, 7) is 5.02. The van der Waals surface area contributed by atoms with Crippen LogP contribution in [0.1, 0.15) is 39.5 Å². The van der Waals surface area contributed by atoms with Crippen molar-refractivity contribution in [3.8, 4) is 0 Å². The summed E-state index contributed by atoms with van der Waals surface area (Å²) in [4.78, 5) is 10.9. The smallest absolute Gasteiger partial charge is 0.303 e. The number of carbonyl (C=O) groups excluding carboxylic acids is 1. The van der Waals surface area contributed by atoms with E-state index in [1.807, 2.05) is 0 Å². The van der Waals surface area contributed by atoms with Crippen molar-refractivity contribution >= 4 is 5.97 Å². The second-order valence-corrected chi connectivity index (χ2v) is 3.64. The van der Waals surface area contributed by atoms with Crippen molar-refractivity contribution in [2.45, 2.75) is 45.1 Å². The van der Waals surface area contributed by atoms with Crippen molar-refractivity contribution in [2.75, 3.05) is 13.2 Å². The van der Waals surface area contributed by atoms with Gasteiger partial charge in [0, 0.05) is 19.8 Å². The van der Waals surface area contributed by atoms with Crippen LogP contribution in [0.2, 0.25) is 0 Å². The van der Waals surface area contributed by atoms with E-state index in [1.165, 1.54) is 6.92 Å². The van der Waals surface area contributed by atoms with E-state index in [0.29, 0.717) is 13.2 Å². The summed E-state index contributed by atoms with van der Waals surface area (Å²) in [7, 11) is 0. The molecule has 1 saturated heterocycles. The fourth-order valence-electron chi connectivity index (χ4n) is 1.91. The van der Waals surface area contributed by atoms with Gasteiger partial charge in [0.05, 0.1) is 13.2 Å². The van der Waals surface area contributed by atoms with Crippen LogP contribution in [0.15, 0.2) is 0 Å². The molecule has 0 amide bonds. The second kappa shape index (κ2) is 4.61. The number of carbonyl (C=O) groups is 1. The highest BCUT2D eigenvalue weighted by molar-refractivity contribution is 5.66. The minimum absolute atomic E-state index is 0.171. The quantitative estimate of drug-likeness (QED) is 0.631. The third kappa shape index (κ3) is 2.99. The van der Waals surface area contributed by atoms with Gasteiger partial charge in [0.25, 0.3) is 0 Å². The Bertz CT molecular complexity index is 165. The summed E-state index contributed by atoms with van der Waals surface area (Å²) in [6, 6.07) is 0. The van der Waals surface area contributed by atoms with Crippen molar-refractivity contribution in [1.29, 1.82) is 0 Å². The van der Waals surface area contributed by atoms with Gasteiger partial charge in [-0.05, 0) is 6.42 Å². The maximum atomic E-state index is 10.9. The Morgan fingerprint density at radius 1 is 1.46 bits per heavy atom. The minimum atomic E-state index is -0.223. The van der Waals surface area contributed by atoms with E-state index >= 15 is 0 Å². The SMILES string of the molecule is CCCC1(OC(C)=O)CCOCC1. The Hall–Kier alpha value is -0.570. The molecule has 0 N–H and O–H groups in total. The first kappa shape index (κ1) is 10.5. The average Bonchev–Trinajstić information content (AvgIpc) is 2.04. The molecule has 0 unspecified atom stereocenters. The number of rotatable bonds is 3. The molecule has 0 aromatic heterocycles. The summed E-state index contributed by atoms with van der Waals surface area (Å²) < 4.78 is 10.7. The number of ether oxygens (including phenoxy) is 2. The van der Waals surface area contributed by atoms with E-state index in [4.69, 9.17) is 9.47 Å². The number of hydrogen-bond donors (Lipinski definition) is 0. The Morgan fingerprint density at radius 3 is 2.54 bits per heavy atom. The van der Waals surface area contributed by atoms with Crippen LogP contribution in [0.3, 0.4) is 0 Å². The fourth-order valence-corrected chi connectivity index (χ4v) is 1.91. The van der Waals surface area contributed by atoms with E-state index in [1.54, 1.807) is 0 Å². The third-order valence-corrected chi connectivity index (χ3v) is 2.47. The van der Waals surface area contributed by atoms with Gasteiger partial charge in [-0.25, -0.2) is 0 Å². The summed E-state index contributed by atoms with van der Waals surface area (Å²) in [5.74, 6) is -0.171. The second-order valence-electron chi connectivity index (χ2n) is 3.64. The highest BCUT2D eigenvalue weighted by Gasteiger charge is 2.34. The molecule has 0 aromatic rings. The van der Waals surface area contributed by atoms with Gasteiger partial charge in [0.1, 0.15) is 5.60 Å². The molecular weight excluding hydrogens is 168 g/mol. The summed E-state index contributed by atoms with van der Waals surface area (Å²) in [5, 5.41) is 0. The maximum Gasteiger partial charge on any atom is 0.303 e. The lowest BCUT2D eigenvalue weighted by atomic mass is 9.89. The van der Waals surface area contributed by atoms with Crippen molar-refractivity contribution in [3.05, 3.63) is 0 Å². The van der Waals surface area contributed by atoms with Crippen LogP contribution in [-0.4, -0.2) is 24.8 Å². The van der Waals surface area contributed by atoms with Crippen LogP contribution in [0, 0.1) is 0 Å². The molecule has 13 heavy (non-hydrogen) atoms. The molecule has 0 atom stereocenters. The van der Waals surface area contributed by atoms with E-state index in [-0.39, 0.29) is 11.6 Å². The van der Waals surface area contributed by atoms with Crippen LogP contribution in [0.4, 0.5) is 0 Å². The highest BCUT2D eigenvalue weighted by Crippen LogP contribution is 2.30. The van der Waals surface area contributed by atoms with Crippen LogP contribution in [-0.2, 0) is 14.3 Å². The molecule has 3 heteroatoms. The molecule has 1 aliphatic rings. The molecule has 0 spiro atoms. The van der Waals surface area contributed by atoms with Crippen LogP contribution in [0.25, 0.3) is 0 Å². The molecule has 76 valence electrons. The first-order valence-corrected chi connectivity index (χ1v) is 4.96. The van der Waals surface area contributed by atoms with Gasteiger partial charge in [0.2, 0.25) is 0 Å². The minimum Gasteiger partial charge on any atom is -0.459 e. The molecular formula is C10H18O3. The lowest BCUT2D eigenvalue weighted by molar-refractivity contribution is -0.167. The molecule has 3 nitrogen and oxygen atoms in total. The van der Waals surface area contributed by atoms with Gasteiger partial charge in [-0.15, -0.1) is 0 Å². The Kier molecular flexibility index (Phi) is 3.72. The Balaban J connectivity index is 2.55. The van der Waals surface area contributed by atoms with Gasteiger partial charge in [-0.2, -0.15) is 0 Å². The van der Waals surface area contributed by atoms with Crippen LogP contribution < -0.4 is 0 Å². The first-order valence-electron chi connectivity index (χ1n) is 4.96. The maximum absolute atomic E-state index is 10.9. The summed E-state index contributed by atoms with van der Waals surface area (Å²) >= 11 is 0. The van der Waals surface area contributed by atoms with E-state index in [0.717, 1.165) is 25.7 Å². The molecule has 0 radical (unpaired) electrons. The number of hydrogen-bond acceptors (Lipinski definition) is 3. The molecule has 1 aliphatic heterocycles. The van der Waals surface area contributed by atoms with Gasteiger partial charge >= 0.3 is 5.97 Å². The van der Waals surface area contributed by atoms with Gasteiger partial charge in [-0.1, -0.05) is 13.3 Å². The highest BCUT2D eigenvalue weighted by atomic mass is 16.6. The zero-order valence-electron chi connectivity index (χ0n) is 8.47. The van der Waals surface area contributed by atoms with E-state index in [9.17, 15) is 4.79 Å². The van der Waals surface area contributed by atoms with Crippen LogP contribution in [0.5, 0.6) is 0 Å². The molecule has 0 aromatic carbocycles. The number of esters is 1. The summed E-state index contributed by atoms with van der Waals surface area (Å²) in [5.41, 5.74) is -0.223. The van der Waals surface area contributed by atoms with E-state index in [2.05, 4.69) is 6.92 Å².